The molecule has 3 N–H and O–H groups in total. The Morgan fingerprint density at radius 1 is 1.21 bits per heavy atom. The van der Waals surface area contributed by atoms with Gasteiger partial charge in [0.05, 0.1) is 5.60 Å². The van der Waals surface area contributed by atoms with Crippen LogP contribution in [0.2, 0.25) is 0 Å². The first kappa shape index (κ1) is 14.3. The molecule has 0 spiro atoms. The van der Waals surface area contributed by atoms with Crippen molar-refractivity contribution in [2.75, 3.05) is 0 Å². The fraction of sp³-hybridized carbons (Fsp3) is 1.00. The molecule has 14 heavy (non-hydrogen) atoms. The Bertz CT molecular complexity index is 280. The molecule has 0 aromatic carbocycles. The lowest BCUT2D eigenvalue weighted by Crippen LogP contribution is -2.21. The van der Waals surface area contributed by atoms with Gasteiger partial charge in [-0.25, -0.2) is 9.13 Å². The third-order valence-corrected chi connectivity index (χ3v) is 3.82. The van der Waals surface area contributed by atoms with Crippen molar-refractivity contribution in [2.45, 2.75) is 32.8 Å². The Balaban J connectivity index is 4.51. The average molecular weight is 248 g/mol. The summed E-state index contributed by atoms with van der Waals surface area (Å²) in [7, 11) is -9.74. The molecule has 1 unspecified atom stereocenters. The van der Waals surface area contributed by atoms with Crippen molar-refractivity contribution in [3.8, 4) is 0 Å². The van der Waals surface area contributed by atoms with Crippen LogP contribution in [0.25, 0.3) is 0 Å². The van der Waals surface area contributed by atoms with E-state index in [1.54, 1.807) is 6.92 Å². The quantitative estimate of drug-likeness (QED) is 0.630. The summed E-state index contributed by atoms with van der Waals surface area (Å²) in [6.07, 6.45) is 0.391. The lowest BCUT2D eigenvalue weighted by Gasteiger charge is -2.25. The zero-order chi connectivity index (χ0) is 11.6. The topological polar surface area (TPSA) is 113 Å². The normalized spacial score (nSPS) is 17.9. The van der Waals surface area contributed by atoms with E-state index in [0.29, 0.717) is 6.42 Å². The highest BCUT2D eigenvalue weighted by molar-refractivity contribution is 7.60. The Hall–Kier alpha value is 0.260. The van der Waals surface area contributed by atoms with E-state index in [0.717, 1.165) is 0 Å². The summed E-state index contributed by atoms with van der Waals surface area (Å²) in [4.78, 5) is 25.5. The van der Waals surface area contributed by atoms with Crippen molar-refractivity contribution < 1.29 is 32.6 Å². The molecule has 9 heteroatoms. The predicted octanol–water partition coefficient (Wildman–Crippen LogP) is 1.40. The van der Waals surface area contributed by atoms with Crippen LogP contribution >= 0.6 is 15.6 Å². The van der Waals surface area contributed by atoms with Crippen LogP contribution < -0.4 is 0 Å². The Labute approximate surface area is 81.9 Å². The summed E-state index contributed by atoms with van der Waals surface area (Å²) in [6.45, 7) is 4.69. The molecule has 0 radical (unpaired) electrons. The van der Waals surface area contributed by atoms with Crippen LogP contribution in [0.15, 0.2) is 0 Å². The molecule has 0 aliphatic heterocycles. The zero-order valence-corrected chi connectivity index (χ0v) is 9.87. The van der Waals surface area contributed by atoms with Gasteiger partial charge in [-0.15, -0.1) is 0 Å². The Morgan fingerprint density at radius 2 is 1.64 bits per heavy atom. The number of phosphoric acid groups is 2. The van der Waals surface area contributed by atoms with E-state index in [9.17, 15) is 9.13 Å². The van der Waals surface area contributed by atoms with Crippen LogP contribution in [-0.4, -0.2) is 20.3 Å². The van der Waals surface area contributed by atoms with E-state index < -0.39 is 21.2 Å². The van der Waals surface area contributed by atoms with Crippen molar-refractivity contribution in [3.63, 3.8) is 0 Å². The summed E-state index contributed by atoms with van der Waals surface area (Å²) in [5.41, 5.74) is -0.987. The lowest BCUT2D eigenvalue weighted by molar-refractivity contribution is 0.0608. The molecule has 7 nitrogen and oxygen atoms in total. The molecule has 0 aromatic rings. The number of hydrogen-bond acceptors (Lipinski definition) is 4. The fourth-order valence-electron chi connectivity index (χ4n) is 0.528. The Kier molecular flexibility index (Phi) is 4.49. The van der Waals surface area contributed by atoms with E-state index in [-0.39, 0.29) is 0 Å². The van der Waals surface area contributed by atoms with Gasteiger partial charge in [0.25, 0.3) is 0 Å². The van der Waals surface area contributed by atoms with Crippen molar-refractivity contribution in [1.82, 2.24) is 0 Å². The maximum atomic E-state index is 11.0. The van der Waals surface area contributed by atoms with E-state index in [2.05, 4.69) is 8.83 Å². The molecule has 0 rings (SSSR count). The second-order valence-corrected chi connectivity index (χ2v) is 6.00. The van der Waals surface area contributed by atoms with Gasteiger partial charge in [-0.05, 0) is 20.3 Å². The highest BCUT2D eigenvalue weighted by atomic mass is 31.3. The van der Waals surface area contributed by atoms with Crippen molar-refractivity contribution in [2.24, 2.45) is 0 Å². The molecular formula is C5H14O7P2. The number of phosphoric ester groups is 1. The zero-order valence-electron chi connectivity index (χ0n) is 8.08. The first-order valence-corrected chi connectivity index (χ1v) is 6.80. The third kappa shape index (κ3) is 6.68. The molecule has 0 saturated heterocycles. The largest absolute Gasteiger partial charge is 0.481 e. The molecule has 0 aliphatic rings. The van der Waals surface area contributed by atoms with Gasteiger partial charge in [-0.2, -0.15) is 4.31 Å². The molecular weight excluding hydrogens is 234 g/mol. The second kappa shape index (κ2) is 4.41. The fourth-order valence-corrected chi connectivity index (χ4v) is 2.49. The summed E-state index contributed by atoms with van der Waals surface area (Å²) < 4.78 is 29.5. The molecule has 0 saturated carbocycles. The third-order valence-electron chi connectivity index (χ3n) is 1.42. The molecule has 0 fully saturated rings. The maximum absolute atomic E-state index is 11.0. The minimum atomic E-state index is -5.02. The molecule has 0 heterocycles. The van der Waals surface area contributed by atoms with Crippen molar-refractivity contribution in [1.29, 1.82) is 0 Å². The summed E-state index contributed by atoms with van der Waals surface area (Å²) in [5, 5.41) is 0. The van der Waals surface area contributed by atoms with E-state index in [1.807, 2.05) is 0 Å². The minimum absolute atomic E-state index is 0.391. The van der Waals surface area contributed by atoms with Crippen LogP contribution in [-0.2, 0) is 18.0 Å². The van der Waals surface area contributed by atoms with E-state index >= 15 is 0 Å². The second-order valence-electron chi connectivity index (χ2n) is 3.25. The van der Waals surface area contributed by atoms with E-state index in [4.69, 9.17) is 14.7 Å². The SMILES string of the molecule is CCC(C)(C)OP(=O)(O)OP(=O)(O)O. The van der Waals surface area contributed by atoms with Crippen molar-refractivity contribution >= 4 is 15.6 Å². The first-order chi connectivity index (χ1) is 5.97. The maximum Gasteiger partial charge on any atom is 0.481 e. The molecule has 1 atom stereocenters. The highest BCUT2D eigenvalue weighted by Crippen LogP contribution is 2.59. The van der Waals surface area contributed by atoms with Gasteiger partial charge in [0.2, 0.25) is 0 Å². The van der Waals surface area contributed by atoms with E-state index in [1.165, 1.54) is 13.8 Å². The number of hydrogen-bond donors (Lipinski definition) is 3. The average Bonchev–Trinajstić information content (AvgIpc) is 1.78. The monoisotopic (exact) mass is 248 g/mol. The van der Waals surface area contributed by atoms with Gasteiger partial charge in [0, 0.05) is 0 Å². The molecule has 0 bridgehead atoms. The standard InChI is InChI=1S/C5H14O7P2/c1-4-5(2,3)11-14(9,10)12-13(6,7)8/h4H2,1-3H3,(H,9,10)(H2,6,7,8). The Morgan fingerprint density at radius 3 is 1.93 bits per heavy atom. The first-order valence-electron chi connectivity index (χ1n) is 3.78. The van der Waals surface area contributed by atoms with Crippen LogP contribution in [0.3, 0.4) is 0 Å². The predicted molar refractivity (Wildman–Crippen MR) is 48.4 cm³/mol. The van der Waals surface area contributed by atoms with Gasteiger partial charge < -0.3 is 14.7 Å². The number of rotatable bonds is 5. The summed E-state index contributed by atoms with van der Waals surface area (Å²) in [6, 6.07) is 0. The van der Waals surface area contributed by atoms with Crippen LogP contribution in [0.1, 0.15) is 27.2 Å². The van der Waals surface area contributed by atoms with Gasteiger partial charge >= 0.3 is 15.6 Å². The van der Waals surface area contributed by atoms with Gasteiger partial charge in [-0.1, -0.05) is 6.92 Å². The van der Waals surface area contributed by atoms with Crippen molar-refractivity contribution in [3.05, 3.63) is 0 Å². The summed E-state index contributed by atoms with van der Waals surface area (Å²) >= 11 is 0. The van der Waals surface area contributed by atoms with Gasteiger partial charge in [-0.3, -0.25) is 4.52 Å². The highest BCUT2D eigenvalue weighted by Gasteiger charge is 2.37. The van der Waals surface area contributed by atoms with Crippen LogP contribution in [0.4, 0.5) is 0 Å². The lowest BCUT2D eigenvalue weighted by atomic mass is 10.1. The van der Waals surface area contributed by atoms with Crippen LogP contribution in [0, 0.1) is 0 Å². The van der Waals surface area contributed by atoms with Gasteiger partial charge in [0.15, 0.2) is 0 Å². The molecule has 0 amide bonds. The molecule has 0 aliphatic carbocycles. The summed E-state index contributed by atoms with van der Waals surface area (Å²) in [5.74, 6) is 0. The van der Waals surface area contributed by atoms with Gasteiger partial charge in [0.1, 0.15) is 0 Å². The van der Waals surface area contributed by atoms with Crippen LogP contribution in [0.5, 0.6) is 0 Å². The molecule has 0 aromatic heterocycles. The minimum Gasteiger partial charge on any atom is -0.302 e. The smallest absolute Gasteiger partial charge is 0.302 e. The molecule has 86 valence electrons.